The minimum atomic E-state index is -4.24. The Balaban J connectivity index is 1.70. The smallest absolute Gasteiger partial charge is 0.421 e. The van der Waals surface area contributed by atoms with Gasteiger partial charge in [-0.15, -0.1) is 10.1 Å². The molecule has 0 bridgehead atoms. The van der Waals surface area contributed by atoms with E-state index in [9.17, 15) is 28.1 Å². The van der Waals surface area contributed by atoms with Gasteiger partial charge in [-0.05, 0) is 61.4 Å². The largest absolute Gasteiger partial charge is 0.497 e. The number of nitrogens with one attached hydrogen (secondary N) is 2. The van der Waals surface area contributed by atoms with Gasteiger partial charge < -0.3 is 14.3 Å². The van der Waals surface area contributed by atoms with Gasteiger partial charge in [0.2, 0.25) is 0 Å². The lowest BCUT2D eigenvalue weighted by Gasteiger charge is -2.10. The summed E-state index contributed by atoms with van der Waals surface area (Å²) in [6, 6.07) is 11.7. The molecule has 0 atom stereocenters. The summed E-state index contributed by atoms with van der Waals surface area (Å²) in [7, 11) is -2.73. The first-order valence-corrected chi connectivity index (χ1v) is 13.1. The highest BCUT2D eigenvalue weighted by Crippen LogP contribution is 2.31. The minimum absolute atomic E-state index is 0.0124. The lowest BCUT2D eigenvalue weighted by Crippen LogP contribution is -2.41. The van der Waals surface area contributed by atoms with Gasteiger partial charge in [0, 0.05) is 34.6 Å². The Morgan fingerprint density at radius 1 is 1.13 bits per heavy atom. The third kappa shape index (κ3) is 7.34. The van der Waals surface area contributed by atoms with Crippen molar-refractivity contribution in [2.45, 2.75) is 19.8 Å². The van der Waals surface area contributed by atoms with Crippen molar-refractivity contribution in [3.05, 3.63) is 74.4 Å². The molecule has 38 heavy (non-hydrogen) atoms. The molecule has 0 fully saturated rings. The molecular formula is C23H25ClN4O9S. The van der Waals surface area contributed by atoms with Crippen LogP contribution in [0.4, 0.5) is 4.79 Å². The maximum atomic E-state index is 13.3. The molecular weight excluding hydrogens is 544 g/mol. The Hall–Kier alpha value is -3.88. The van der Waals surface area contributed by atoms with E-state index in [4.69, 9.17) is 21.1 Å². The summed E-state index contributed by atoms with van der Waals surface area (Å²) >= 11 is 5.95. The number of aromatic nitrogens is 1. The molecule has 0 unspecified atom stereocenters. The predicted molar refractivity (Wildman–Crippen MR) is 137 cm³/mol. The molecule has 0 saturated heterocycles. The number of nitrogens with zero attached hydrogens (tertiary/aromatic N) is 2. The van der Waals surface area contributed by atoms with E-state index in [1.165, 1.54) is 7.11 Å². The number of hydrogen-bond donors (Lipinski definition) is 2. The number of carbonyl (C=O) groups excluding carboxylic acids is 2. The Bertz CT molecular complexity index is 1440. The summed E-state index contributed by atoms with van der Waals surface area (Å²) in [5, 5.41) is 10.3. The number of benzene rings is 2. The topological polar surface area (TPSA) is 168 Å². The van der Waals surface area contributed by atoms with E-state index < -0.39 is 21.4 Å². The summed E-state index contributed by atoms with van der Waals surface area (Å²) < 4.78 is 39.5. The Kier molecular flexibility index (Phi) is 9.50. The molecule has 3 rings (SSSR count). The summed E-state index contributed by atoms with van der Waals surface area (Å²) in [6.07, 6.45) is -1.02. The standard InChI is InChI=1S/C23H25ClN4O9S/c1-15-19(10-13-36-23(30)26-38(33,34)25-11-3-12-37-28(31)32)20-14-18(35-2)8-9-21(20)27(15)22(29)16-4-6-17(24)7-5-16/h4-9,14,25H,3,10-13H2,1-2H3,(H,26,30). The fourth-order valence-corrected chi connectivity index (χ4v) is 4.62. The molecule has 13 nitrogen and oxygen atoms in total. The van der Waals surface area contributed by atoms with Gasteiger partial charge in [0.25, 0.3) is 11.0 Å². The van der Waals surface area contributed by atoms with Crippen LogP contribution in [-0.4, -0.2) is 56.9 Å². The van der Waals surface area contributed by atoms with E-state index in [0.717, 1.165) is 0 Å². The number of methoxy groups -OCH3 is 1. The van der Waals surface area contributed by atoms with Crippen LogP contribution in [0.2, 0.25) is 5.02 Å². The quantitative estimate of drug-likeness (QED) is 0.189. The van der Waals surface area contributed by atoms with Gasteiger partial charge in [-0.25, -0.2) is 9.52 Å². The molecule has 1 aromatic heterocycles. The monoisotopic (exact) mass is 568 g/mol. The minimum Gasteiger partial charge on any atom is -0.497 e. The Morgan fingerprint density at radius 3 is 2.50 bits per heavy atom. The number of amides is 1. The van der Waals surface area contributed by atoms with E-state index in [2.05, 4.69) is 4.84 Å². The van der Waals surface area contributed by atoms with Crippen molar-refractivity contribution in [2.24, 2.45) is 0 Å². The Morgan fingerprint density at radius 2 is 1.84 bits per heavy atom. The lowest BCUT2D eigenvalue weighted by molar-refractivity contribution is -0.757. The van der Waals surface area contributed by atoms with Gasteiger partial charge in [-0.3, -0.25) is 9.36 Å². The molecule has 0 aliphatic rings. The van der Waals surface area contributed by atoms with Crippen molar-refractivity contribution >= 4 is 44.7 Å². The second-order valence-corrected chi connectivity index (χ2v) is 9.83. The first-order valence-electron chi connectivity index (χ1n) is 11.2. The third-order valence-electron chi connectivity index (χ3n) is 5.45. The number of ether oxygens (including phenoxy) is 2. The molecule has 204 valence electrons. The highest BCUT2D eigenvalue weighted by Gasteiger charge is 2.21. The van der Waals surface area contributed by atoms with Crippen LogP contribution in [0, 0.1) is 17.0 Å². The van der Waals surface area contributed by atoms with Crippen molar-refractivity contribution in [1.82, 2.24) is 14.0 Å². The average Bonchev–Trinajstić information content (AvgIpc) is 3.13. The lowest BCUT2D eigenvalue weighted by atomic mass is 10.1. The van der Waals surface area contributed by atoms with Crippen LogP contribution in [0.25, 0.3) is 10.9 Å². The highest BCUT2D eigenvalue weighted by atomic mass is 35.5. The number of carbonyl (C=O) groups is 2. The van der Waals surface area contributed by atoms with Gasteiger partial charge >= 0.3 is 16.3 Å². The van der Waals surface area contributed by atoms with E-state index in [1.54, 1.807) is 58.7 Å². The first kappa shape index (κ1) is 28.7. The molecule has 0 aliphatic carbocycles. The molecule has 1 amide bonds. The van der Waals surface area contributed by atoms with E-state index in [1.807, 2.05) is 4.72 Å². The van der Waals surface area contributed by atoms with E-state index in [0.29, 0.717) is 38.5 Å². The second-order valence-electron chi connectivity index (χ2n) is 7.89. The molecule has 0 spiro atoms. The summed E-state index contributed by atoms with van der Waals surface area (Å²) in [6.45, 7) is 1.06. The molecule has 0 radical (unpaired) electrons. The van der Waals surface area contributed by atoms with Crippen molar-refractivity contribution in [2.75, 3.05) is 26.9 Å². The van der Waals surface area contributed by atoms with Crippen LogP contribution in [-0.2, 0) is 26.2 Å². The zero-order chi connectivity index (χ0) is 27.9. The number of hydrogen-bond acceptors (Lipinski definition) is 9. The van der Waals surface area contributed by atoms with Crippen molar-refractivity contribution in [1.29, 1.82) is 0 Å². The van der Waals surface area contributed by atoms with E-state index in [-0.39, 0.29) is 38.5 Å². The van der Waals surface area contributed by atoms with Crippen LogP contribution in [0.15, 0.2) is 42.5 Å². The van der Waals surface area contributed by atoms with Gasteiger partial charge in [0.05, 0.1) is 25.8 Å². The maximum absolute atomic E-state index is 13.3. The molecule has 0 aliphatic heterocycles. The number of fused-ring (bicyclic) bond motifs is 1. The van der Waals surface area contributed by atoms with Crippen LogP contribution in [0.1, 0.15) is 28.0 Å². The SMILES string of the molecule is COc1ccc2c(c1)c(CCOC(=O)NS(=O)(=O)NCCCO[N+](=O)[O-])c(C)n2C(=O)c1ccc(Cl)cc1. The zero-order valence-electron chi connectivity index (χ0n) is 20.4. The third-order valence-corrected chi connectivity index (χ3v) is 6.72. The highest BCUT2D eigenvalue weighted by molar-refractivity contribution is 7.88. The summed E-state index contributed by atoms with van der Waals surface area (Å²) in [5.41, 5.74) is 2.37. The van der Waals surface area contributed by atoms with Crippen LogP contribution in [0.3, 0.4) is 0 Å². The molecule has 2 aromatic carbocycles. The number of rotatable bonds is 12. The first-order chi connectivity index (χ1) is 18.0. The summed E-state index contributed by atoms with van der Waals surface area (Å²) in [5.74, 6) is 0.286. The molecule has 3 aromatic rings. The van der Waals surface area contributed by atoms with Gasteiger partial charge in [-0.2, -0.15) is 13.1 Å². The van der Waals surface area contributed by atoms with E-state index >= 15 is 0 Å². The normalized spacial score (nSPS) is 11.2. The molecule has 0 saturated carbocycles. The van der Waals surface area contributed by atoms with Gasteiger partial charge in [0.15, 0.2) is 0 Å². The van der Waals surface area contributed by atoms with Gasteiger partial charge in [0.1, 0.15) is 5.75 Å². The van der Waals surface area contributed by atoms with Crippen molar-refractivity contribution < 1.29 is 37.4 Å². The van der Waals surface area contributed by atoms with Crippen LogP contribution < -0.4 is 14.2 Å². The molecule has 15 heteroatoms. The summed E-state index contributed by atoms with van der Waals surface area (Å²) in [4.78, 5) is 39.5. The molecule has 1 heterocycles. The second kappa shape index (κ2) is 12.6. The zero-order valence-corrected chi connectivity index (χ0v) is 22.0. The maximum Gasteiger partial charge on any atom is 0.421 e. The predicted octanol–water partition coefficient (Wildman–Crippen LogP) is 3.00. The average molecular weight is 569 g/mol. The van der Waals surface area contributed by atoms with Crippen molar-refractivity contribution in [3.8, 4) is 5.75 Å². The Labute approximate surface area is 222 Å². The van der Waals surface area contributed by atoms with Crippen LogP contribution >= 0.6 is 11.6 Å². The van der Waals surface area contributed by atoms with Gasteiger partial charge in [-0.1, -0.05) is 11.6 Å². The van der Waals surface area contributed by atoms with Crippen LogP contribution in [0.5, 0.6) is 5.75 Å². The fraction of sp³-hybridized carbons (Fsp3) is 0.304. The fourth-order valence-electron chi connectivity index (χ4n) is 3.73. The number of halogens is 1. The molecule has 2 N–H and O–H groups in total. The van der Waals surface area contributed by atoms with Crippen molar-refractivity contribution in [3.63, 3.8) is 0 Å².